The third kappa shape index (κ3) is 2.17. The number of fused-ring (bicyclic) bond motifs is 1. The fraction of sp³-hybridized carbons (Fsp3) is 0.417. The van der Waals surface area contributed by atoms with Crippen LogP contribution in [0.5, 0.6) is 0 Å². The van der Waals surface area contributed by atoms with Crippen molar-refractivity contribution in [2.75, 3.05) is 6.61 Å². The summed E-state index contributed by atoms with van der Waals surface area (Å²) in [6.07, 6.45) is 2.36. The number of halogens is 2. The van der Waals surface area contributed by atoms with E-state index in [-0.39, 0.29) is 16.6 Å². The molecule has 1 fully saturated rings. The van der Waals surface area contributed by atoms with Gasteiger partial charge in [0, 0.05) is 11.1 Å². The fourth-order valence-corrected chi connectivity index (χ4v) is 4.01. The van der Waals surface area contributed by atoms with Crippen LogP contribution in [0.4, 0.5) is 0 Å². The van der Waals surface area contributed by atoms with Crippen LogP contribution < -0.4 is 5.69 Å². The number of hydrogen-bond donors (Lipinski definition) is 2. The largest absolute Gasteiger partial charge is 0.377 e. The summed E-state index contributed by atoms with van der Waals surface area (Å²) in [5.74, 6) is 0. The lowest BCUT2D eigenvalue weighted by Gasteiger charge is -2.18. The second-order valence-corrected chi connectivity index (χ2v) is 6.29. The van der Waals surface area contributed by atoms with Gasteiger partial charge in [0.2, 0.25) is 0 Å². The van der Waals surface area contributed by atoms with E-state index in [9.17, 15) is 4.79 Å². The number of imidazole rings is 1. The summed E-state index contributed by atoms with van der Waals surface area (Å²) in [6.45, 7) is 0.827. The van der Waals surface area contributed by atoms with E-state index in [1.807, 2.05) is 12.1 Å². The first-order valence-electron chi connectivity index (χ1n) is 5.82. The molecule has 0 radical (unpaired) electrons. The quantitative estimate of drug-likeness (QED) is 0.791. The van der Waals surface area contributed by atoms with E-state index in [0.29, 0.717) is 0 Å². The van der Waals surface area contributed by atoms with Crippen molar-refractivity contribution in [1.82, 2.24) is 9.97 Å². The smallest absolute Gasteiger partial charge is 0.323 e. The van der Waals surface area contributed by atoms with E-state index in [1.54, 1.807) is 0 Å². The van der Waals surface area contributed by atoms with Crippen LogP contribution in [0, 0.1) is 0 Å². The molecule has 1 aromatic heterocycles. The summed E-state index contributed by atoms with van der Waals surface area (Å²) < 4.78 is 6.67. The third-order valence-electron chi connectivity index (χ3n) is 3.22. The molecule has 3 rings (SSSR count). The van der Waals surface area contributed by atoms with Crippen LogP contribution in [-0.2, 0) is 4.74 Å². The maximum atomic E-state index is 11.3. The third-order valence-corrected chi connectivity index (χ3v) is 4.99. The Morgan fingerprint density at radius 2 is 2.06 bits per heavy atom. The summed E-state index contributed by atoms with van der Waals surface area (Å²) >= 11 is 7.25. The van der Waals surface area contributed by atoms with Crippen LogP contribution in [0.25, 0.3) is 11.0 Å². The molecule has 18 heavy (non-hydrogen) atoms. The van der Waals surface area contributed by atoms with Crippen molar-refractivity contribution in [2.24, 2.45) is 0 Å². The monoisotopic (exact) mass is 374 g/mol. The van der Waals surface area contributed by atoms with Crippen molar-refractivity contribution in [2.45, 2.75) is 23.8 Å². The van der Waals surface area contributed by atoms with Crippen molar-refractivity contribution in [3.05, 3.63) is 32.7 Å². The zero-order valence-electron chi connectivity index (χ0n) is 9.50. The maximum Gasteiger partial charge on any atom is 0.323 e. The Hall–Kier alpha value is -0.590. The first-order chi connectivity index (χ1) is 8.65. The zero-order chi connectivity index (χ0) is 12.7. The molecule has 1 saturated heterocycles. The molecule has 2 heterocycles. The second kappa shape index (κ2) is 4.83. The molecule has 0 amide bonds. The van der Waals surface area contributed by atoms with E-state index in [0.717, 1.165) is 40.5 Å². The molecule has 4 nitrogen and oxygen atoms in total. The van der Waals surface area contributed by atoms with Gasteiger partial charge in [0.1, 0.15) is 0 Å². The molecule has 1 aliphatic heterocycles. The average Bonchev–Trinajstić information content (AvgIpc) is 2.94. The van der Waals surface area contributed by atoms with Gasteiger partial charge in [-0.1, -0.05) is 31.9 Å². The summed E-state index contributed by atoms with van der Waals surface area (Å²) in [4.78, 5) is 16.9. The Balaban J connectivity index is 2.04. The zero-order valence-corrected chi connectivity index (χ0v) is 12.7. The van der Waals surface area contributed by atoms with Gasteiger partial charge in [0.15, 0.2) is 0 Å². The Kier molecular flexibility index (Phi) is 3.34. The molecule has 2 unspecified atom stereocenters. The highest BCUT2D eigenvalue weighted by molar-refractivity contribution is 9.11. The van der Waals surface area contributed by atoms with Crippen molar-refractivity contribution in [3.8, 4) is 0 Å². The molecular formula is C12H12Br2N2O2. The van der Waals surface area contributed by atoms with Crippen LogP contribution >= 0.6 is 31.9 Å². The van der Waals surface area contributed by atoms with Crippen molar-refractivity contribution in [1.29, 1.82) is 0 Å². The van der Waals surface area contributed by atoms with Gasteiger partial charge in [0.25, 0.3) is 0 Å². The molecule has 1 aromatic carbocycles. The minimum Gasteiger partial charge on any atom is -0.377 e. The SMILES string of the molecule is O=c1[nH]c2cc(Br)c(C(Br)C3CCCO3)cc2[nH]1. The molecule has 2 N–H and O–H groups in total. The van der Waals surface area contributed by atoms with Crippen LogP contribution in [0.15, 0.2) is 21.4 Å². The summed E-state index contributed by atoms with van der Waals surface area (Å²) in [5, 5.41) is 0. The van der Waals surface area contributed by atoms with Crippen molar-refractivity contribution < 1.29 is 4.74 Å². The predicted octanol–water partition coefficient (Wildman–Crippen LogP) is 3.23. The molecule has 1 aliphatic rings. The molecule has 0 spiro atoms. The number of aromatic amines is 2. The molecule has 0 bridgehead atoms. The normalized spacial score (nSPS) is 21.6. The summed E-state index contributed by atoms with van der Waals surface area (Å²) in [6, 6.07) is 3.91. The first kappa shape index (κ1) is 12.4. The standard InChI is InChI=1S/C12H12Br2N2O2/c13-7-5-9-8(15-12(17)16-9)4-6(7)11(14)10-2-1-3-18-10/h4-5,10-11H,1-3H2,(H2,15,16,17). The van der Waals surface area contributed by atoms with Gasteiger partial charge >= 0.3 is 5.69 Å². The lowest BCUT2D eigenvalue weighted by Crippen LogP contribution is -2.12. The Morgan fingerprint density at radius 1 is 1.33 bits per heavy atom. The number of hydrogen-bond acceptors (Lipinski definition) is 2. The van der Waals surface area contributed by atoms with Gasteiger partial charge in [-0.3, -0.25) is 0 Å². The van der Waals surface area contributed by atoms with Gasteiger partial charge < -0.3 is 14.7 Å². The number of rotatable bonds is 2. The van der Waals surface area contributed by atoms with Gasteiger partial charge in [-0.2, -0.15) is 0 Å². The van der Waals surface area contributed by atoms with E-state index in [1.165, 1.54) is 0 Å². The number of ether oxygens (including phenoxy) is 1. The number of H-pyrrole nitrogens is 2. The van der Waals surface area contributed by atoms with Gasteiger partial charge in [-0.15, -0.1) is 0 Å². The van der Waals surface area contributed by atoms with E-state index in [4.69, 9.17) is 4.74 Å². The molecule has 96 valence electrons. The second-order valence-electron chi connectivity index (χ2n) is 4.45. The molecule has 2 aromatic rings. The van der Waals surface area contributed by atoms with E-state index >= 15 is 0 Å². The highest BCUT2D eigenvalue weighted by atomic mass is 79.9. The van der Waals surface area contributed by atoms with E-state index < -0.39 is 0 Å². The van der Waals surface area contributed by atoms with Crippen molar-refractivity contribution >= 4 is 42.9 Å². The van der Waals surface area contributed by atoms with Gasteiger partial charge in [-0.25, -0.2) is 4.79 Å². The summed E-state index contributed by atoms with van der Waals surface area (Å²) in [5.41, 5.74) is 2.55. The number of benzene rings is 1. The lowest BCUT2D eigenvalue weighted by molar-refractivity contribution is 0.110. The lowest BCUT2D eigenvalue weighted by atomic mass is 10.1. The Bertz CT molecular complexity index is 629. The molecule has 6 heteroatoms. The molecule has 2 atom stereocenters. The topological polar surface area (TPSA) is 57.9 Å². The Labute approximate surface area is 120 Å². The van der Waals surface area contributed by atoms with E-state index in [2.05, 4.69) is 41.8 Å². The minimum absolute atomic E-state index is 0.136. The predicted molar refractivity (Wildman–Crippen MR) is 77.3 cm³/mol. The first-order valence-corrected chi connectivity index (χ1v) is 7.53. The van der Waals surface area contributed by atoms with Crippen LogP contribution in [-0.4, -0.2) is 22.7 Å². The van der Waals surface area contributed by atoms with Crippen LogP contribution in [0.1, 0.15) is 23.2 Å². The maximum absolute atomic E-state index is 11.3. The number of aromatic nitrogens is 2. The fourth-order valence-electron chi connectivity index (χ4n) is 2.32. The van der Waals surface area contributed by atoms with Crippen LogP contribution in [0.3, 0.4) is 0 Å². The molecule has 0 aliphatic carbocycles. The Morgan fingerprint density at radius 3 is 2.72 bits per heavy atom. The molecule has 0 saturated carbocycles. The number of alkyl halides is 1. The summed E-state index contributed by atoms with van der Waals surface area (Å²) in [7, 11) is 0. The average molecular weight is 376 g/mol. The highest BCUT2D eigenvalue weighted by Crippen LogP contribution is 2.38. The van der Waals surface area contributed by atoms with Crippen LogP contribution in [0.2, 0.25) is 0 Å². The van der Waals surface area contributed by atoms with Gasteiger partial charge in [-0.05, 0) is 30.5 Å². The highest BCUT2D eigenvalue weighted by Gasteiger charge is 2.26. The van der Waals surface area contributed by atoms with Gasteiger partial charge in [0.05, 0.1) is 22.0 Å². The molecular weight excluding hydrogens is 364 g/mol. The van der Waals surface area contributed by atoms with Crippen molar-refractivity contribution in [3.63, 3.8) is 0 Å². The number of nitrogens with one attached hydrogen (secondary N) is 2. The minimum atomic E-state index is -0.183.